The van der Waals surface area contributed by atoms with Crippen molar-refractivity contribution in [3.05, 3.63) is 59.9 Å². The largest absolute Gasteiger partial charge is 0.348 e. The van der Waals surface area contributed by atoms with Gasteiger partial charge in [0.05, 0.1) is 0 Å². The molecule has 102 valence electrons. The van der Waals surface area contributed by atoms with E-state index in [2.05, 4.69) is 46.6 Å². The highest BCUT2D eigenvalue weighted by atomic mass is 15.0. The van der Waals surface area contributed by atoms with Gasteiger partial charge in [-0.05, 0) is 55.3 Å². The molecule has 2 aromatic heterocycles. The van der Waals surface area contributed by atoms with Crippen LogP contribution >= 0.6 is 0 Å². The van der Waals surface area contributed by atoms with Crippen LogP contribution in [0.15, 0.2) is 48.8 Å². The zero-order valence-electron chi connectivity index (χ0n) is 11.6. The lowest BCUT2D eigenvalue weighted by atomic mass is 10.1. The van der Waals surface area contributed by atoms with Crippen molar-refractivity contribution < 1.29 is 0 Å². The first kappa shape index (κ1) is 12.4. The average molecular weight is 266 g/mol. The third-order valence-corrected chi connectivity index (χ3v) is 3.40. The number of anilines is 4. The van der Waals surface area contributed by atoms with Gasteiger partial charge in [-0.15, -0.1) is 0 Å². The summed E-state index contributed by atoms with van der Waals surface area (Å²) < 4.78 is 0. The minimum Gasteiger partial charge on any atom is -0.348 e. The molecular weight excluding hydrogens is 248 g/mol. The Bertz CT molecular complexity index is 682. The molecule has 2 heterocycles. The predicted octanol–water partition coefficient (Wildman–Crippen LogP) is 4.45. The lowest BCUT2D eigenvalue weighted by Crippen LogP contribution is -2.00. The molecule has 0 saturated carbocycles. The van der Waals surface area contributed by atoms with Crippen molar-refractivity contribution in [1.29, 1.82) is 0 Å². The molecule has 0 atom stereocenters. The van der Waals surface area contributed by atoms with Crippen LogP contribution in [-0.2, 0) is 0 Å². The van der Waals surface area contributed by atoms with E-state index in [9.17, 15) is 0 Å². The number of H-pyrrole nitrogens is 2. The second kappa shape index (κ2) is 5.17. The minimum atomic E-state index is 0.989. The molecule has 0 spiro atoms. The number of aryl methyl sites for hydroxylation is 1. The lowest BCUT2D eigenvalue weighted by molar-refractivity contribution is 1.30. The molecule has 20 heavy (non-hydrogen) atoms. The van der Waals surface area contributed by atoms with Gasteiger partial charge in [-0.1, -0.05) is 6.07 Å². The number of nitrogens with one attached hydrogen (secondary N) is 4. The van der Waals surface area contributed by atoms with Gasteiger partial charge in [0.15, 0.2) is 0 Å². The van der Waals surface area contributed by atoms with Crippen LogP contribution in [0.2, 0.25) is 0 Å². The molecule has 0 amide bonds. The fourth-order valence-electron chi connectivity index (χ4n) is 2.27. The fraction of sp³-hybridized carbons (Fsp3) is 0.125. The smallest absolute Gasteiger partial charge is 0.107 e. The lowest BCUT2D eigenvalue weighted by Gasteiger charge is -2.16. The maximum atomic E-state index is 3.43. The molecule has 0 radical (unpaired) electrons. The quantitative estimate of drug-likeness (QED) is 0.564. The van der Waals surface area contributed by atoms with Crippen molar-refractivity contribution in [2.45, 2.75) is 13.8 Å². The molecule has 4 N–H and O–H groups in total. The Morgan fingerprint density at radius 3 is 2.05 bits per heavy atom. The standard InChI is InChI=1S/C16H18N4/c1-11-7-8-13(19-14-5-3-9-17-14)12(2)16(11)20-15-6-4-10-18-15/h3-10,17-20H,1-2H3. The van der Waals surface area contributed by atoms with E-state index in [1.165, 1.54) is 11.1 Å². The van der Waals surface area contributed by atoms with E-state index < -0.39 is 0 Å². The van der Waals surface area contributed by atoms with Gasteiger partial charge in [-0.2, -0.15) is 0 Å². The Hall–Kier alpha value is -2.62. The van der Waals surface area contributed by atoms with Crippen LogP contribution < -0.4 is 10.6 Å². The van der Waals surface area contributed by atoms with Crippen molar-refractivity contribution in [3.63, 3.8) is 0 Å². The molecule has 0 unspecified atom stereocenters. The Labute approximate surface area is 118 Å². The maximum Gasteiger partial charge on any atom is 0.107 e. The summed E-state index contributed by atoms with van der Waals surface area (Å²) in [5.41, 5.74) is 4.62. The van der Waals surface area contributed by atoms with Crippen molar-refractivity contribution in [3.8, 4) is 0 Å². The van der Waals surface area contributed by atoms with E-state index in [-0.39, 0.29) is 0 Å². The van der Waals surface area contributed by atoms with Crippen LogP contribution in [0, 0.1) is 13.8 Å². The highest BCUT2D eigenvalue weighted by molar-refractivity contribution is 5.74. The van der Waals surface area contributed by atoms with Gasteiger partial charge in [0.1, 0.15) is 11.6 Å². The molecule has 0 aliphatic carbocycles. The van der Waals surface area contributed by atoms with Crippen molar-refractivity contribution in [2.24, 2.45) is 0 Å². The number of aromatic amines is 2. The van der Waals surface area contributed by atoms with Crippen LogP contribution in [0.1, 0.15) is 11.1 Å². The Morgan fingerprint density at radius 1 is 0.800 bits per heavy atom. The van der Waals surface area contributed by atoms with E-state index in [4.69, 9.17) is 0 Å². The zero-order valence-corrected chi connectivity index (χ0v) is 11.6. The minimum absolute atomic E-state index is 0.989. The van der Waals surface area contributed by atoms with Crippen molar-refractivity contribution in [2.75, 3.05) is 10.6 Å². The molecule has 0 aliphatic heterocycles. The molecular formula is C16H18N4. The number of aromatic nitrogens is 2. The SMILES string of the molecule is Cc1ccc(Nc2ccc[nH]2)c(C)c1Nc1ccc[nH]1. The van der Waals surface area contributed by atoms with Crippen LogP contribution in [-0.4, -0.2) is 9.97 Å². The third-order valence-electron chi connectivity index (χ3n) is 3.40. The number of benzene rings is 1. The molecule has 1 aromatic carbocycles. The number of hydrogen-bond donors (Lipinski definition) is 4. The van der Waals surface area contributed by atoms with Gasteiger partial charge in [-0.3, -0.25) is 0 Å². The first-order valence-electron chi connectivity index (χ1n) is 6.65. The van der Waals surface area contributed by atoms with Gasteiger partial charge >= 0.3 is 0 Å². The van der Waals surface area contributed by atoms with E-state index >= 15 is 0 Å². The van der Waals surface area contributed by atoms with Gasteiger partial charge in [0.2, 0.25) is 0 Å². The normalized spacial score (nSPS) is 10.5. The predicted molar refractivity (Wildman–Crippen MR) is 84.1 cm³/mol. The van der Waals surface area contributed by atoms with Crippen LogP contribution in [0.4, 0.5) is 23.0 Å². The summed E-state index contributed by atoms with van der Waals surface area (Å²) in [6, 6.07) is 12.2. The van der Waals surface area contributed by atoms with E-state index in [1.54, 1.807) is 0 Å². The Morgan fingerprint density at radius 2 is 1.45 bits per heavy atom. The van der Waals surface area contributed by atoms with Crippen LogP contribution in [0.25, 0.3) is 0 Å². The second-order valence-electron chi connectivity index (χ2n) is 4.85. The van der Waals surface area contributed by atoms with Crippen LogP contribution in [0.3, 0.4) is 0 Å². The highest BCUT2D eigenvalue weighted by Crippen LogP contribution is 2.31. The maximum absolute atomic E-state index is 3.43. The zero-order chi connectivity index (χ0) is 13.9. The first-order valence-corrected chi connectivity index (χ1v) is 6.65. The first-order chi connectivity index (χ1) is 9.74. The molecule has 0 fully saturated rings. The Balaban J connectivity index is 1.93. The summed E-state index contributed by atoms with van der Waals surface area (Å²) in [6.07, 6.45) is 3.82. The molecule has 3 rings (SSSR count). The van der Waals surface area contributed by atoms with Gasteiger partial charge in [0, 0.05) is 23.8 Å². The summed E-state index contributed by atoms with van der Waals surface area (Å²) in [6.45, 7) is 4.22. The molecule has 0 bridgehead atoms. The molecule has 4 nitrogen and oxygen atoms in total. The summed E-state index contributed by atoms with van der Waals surface area (Å²) >= 11 is 0. The number of hydrogen-bond acceptors (Lipinski definition) is 2. The van der Waals surface area contributed by atoms with Crippen molar-refractivity contribution >= 4 is 23.0 Å². The summed E-state index contributed by atoms with van der Waals surface area (Å²) in [5, 5.41) is 6.83. The molecule has 0 saturated heterocycles. The number of rotatable bonds is 4. The monoisotopic (exact) mass is 266 g/mol. The van der Waals surface area contributed by atoms with E-state index in [0.29, 0.717) is 0 Å². The average Bonchev–Trinajstić information content (AvgIpc) is 3.11. The summed E-state index contributed by atoms with van der Waals surface area (Å²) in [5.74, 6) is 1.98. The van der Waals surface area contributed by atoms with E-state index in [1.807, 2.05) is 36.7 Å². The van der Waals surface area contributed by atoms with Crippen LogP contribution in [0.5, 0.6) is 0 Å². The van der Waals surface area contributed by atoms with Gasteiger partial charge in [0.25, 0.3) is 0 Å². The van der Waals surface area contributed by atoms with Gasteiger partial charge in [-0.25, -0.2) is 0 Å². The Kier molecular flexibility index (Phi) is 3.21. The summed E-state index contributed by atoms with van der Waals surface area (Å²) in [4.78, 5) is 6.32. The van der Waals surface area contributed by atoms with Gasteiger partial charge < -0.3 is 20.6 Å². The summed E-state index contributed by atoms with van der Waals surface area (Å²) in [7, 11) is 0. The molecule has 4 heteroatoms. The topological polar surface area (TPSA) is 55.6 Å². The highest BCUT2D eigenvalue weighted by Gasteiger charge is 2.08. The molecule has 3 aromatic rings. The third kappa shape index (κ3) is 2.40. The fourth-order valence-corrected chi connectivity index (χ4v) is 2.27. The van der Waals surface area contributed by atoms with Crippen molar-refractivity contribution in [1.82, 2.24) is 9.97 Å². The molecule has 0 aliphatic rings. The second-order valence-corrected chi connectivity index (χ2v) is 4.85. The van der Waals surface area contributed by atoms with E-state index in [0.717, 1.165) is 23.0 Å².